The van der Waals surface area contributed by atoms with E-state index >= 15 is 0 Å². The normalized spacial score (nSPS) is 15.2. The highest BCUT2D eigenvalue weighted by atomic mass is 32.1. The average molecular weight is 181 g/mol. The van der Waals surface area contributed by atoms with Crippen molar-refractivity contribution in [3.8, 4) is 6.07 Å². The minimum Gasteiger partial charge on any atom is -0.386 e. The van der Waals surface area contributed by atoms with Crippen LogP contribution in [0.1, 0.15) is 22.8 Å². The smallest absolute Gasteiger partial charge is 0.104 e. The van der Waals surface area contributed by atoms with Crippen LogP contribution in [-0.2, 0) is 0 Å². The van der Waals surface area contributed by atoms with Crippen molar-refractivity contribution >= 4 is 11.3 Å². The van der Waals surface area contributed by atoms with Crippen molar-refractivity contribution in [2.24, 2.45) is 5.92 Å². The van der Waals surface area contributed by atoms with Gasteiger partial charge in [-0.15, -0.1) is 11.3 Å². The first kappa shape index (κ1) is 9.24. The number of aryl methyl sites for hydroxylation is 1. The molecular formula is C9H11NOS. The van der Waals surface area contributed by atoms with Crippen LogP contribution in [-0.4, -0.2) is 5.11 Å². The third-order valence-corrected chi connectivity index (χ3v) is 2.80. The van der Waals surface area contributed by atoms with Crippen LogP contribution in [0.25, 0.3) is 0 Å². The Kier molecular flexibility index (Phi) is 2.85. The molecule has 0 amide bonds. The molecule has 1 aromatic rings. The Morgan fingerprint density at radius 2 is 2.25 bits per heavy atom. The summed E-state index contributed by atoms with van der Waals surface area (Å²) in [5.74, 6) is -0.331. The van der Waals surface area contributed by atoms with Crippen molar-refractivity contribution in [1.82, 2.24) is 0 Å². The summed E-state index contributed by atoms with van der Waals surface area (Å²) in [6.45, 7) is 3.71. The highest BCUT2D eigenvalue weighted by Crippen LogP contribution is 2.27. The summed E-state index contributed by atoms with van der Waals surface area (Å²) in [5, 5.41) is 18.2. The van der Waals surface area contributed by atoms with Crippen molar-refractivity contribution in [3.63, 3.8) is 0 Å². The van der Waals surface area contributed by atoms with Gasteiger partial charge in [-0.3, -0.25) is 0 Å². The van der Waals surface area contributed by atoms with Crippen LogP contribution in [0.3, 0.4) is 0 Å². The van der Waals surface area contributed by atoms with Crippen molar-refractivity contribution in [1.29, 1.82) is 5.26 Å². The van der Waals surface area contributed by atoms with Gasteiger partial charge in [-0.1, -0.05) is 0 Å². The van der Waals surface area contributed by atoms with Gasteiger partial charge in [-0.2, -0.15) is 5.26 Å². The van der Waals surface area contributed by atoms with Gasteiger partial charge >= 0.3 is 0 Å². The molecule has 2 nitrogen and oxygen atoms in total. The number of thiophene rings is 1. The number of nitrogens with zero attached hydrogens (tertiary/aromatic N) is 1. The van der Waals surface area contributed by atoms with E-state index in [4.69, 9.17) is 5.26 Å². The van der Waals surface area contributed by atoms with Gasteiger partial charge in [0.05, 0.1) is 12.0 Å². The molecule has 0 bridgehead atoms. The van der Waals surface area contributed by atoms with Gasteiger partial charge in [0.1, 0.15) is 6.10 Å². The van der Waals surface area contributed by atoms with Gasteiger partial charge in [-0.25, -0.2) is 0 Å². The maximum absolute atomic E-state index is 9.59. The lowest BCUT2D eigenvalue weighted by atomic mass is 10.1. The molecule has 0 aromatic carbocycles. The Balaban J connectivity index is 2.79. The first-order chi connectivity index (χ1) is 5.65. The SMILES string of the molecule is Cc1ccc(C(O)C(C)C#N)s1. The number of aliphatic hydroxyl groups excluding tert-OH is 1. The maximum atomic E-state index is 9.59. The van der Waals surface area contributed by atoms with E-state index in [2.05, 4.69) is 0 Å². The van der Waals surface area contributed by atoms with Crippen molar-refractivity contribution < 1.29 is 5.11 Å². The van der Waals surface area contributed by atoms with Crippen molar-refractivity contribution in [3.05, 3.63) is 21.9 Å². The van der Waals surface area contributed by atoms with Gasteiger partial charge in [0.15, 0.2) is 0 Å². The second kappa shape index (κ2) is 3.70. The van der Waals surface area contributed by atoms with Crippen LogP contribution in [0.15, 0.2) is 12.1 Å². The highest BCUT2D eigenvalue weighted by molar-refractivity contribution is 7.12. The van der Waals surface area contributed by atoms with Gasteiger partial charge in [0, 0.05) is 9.75 Å². The molecule has 1 N–H and O–H groups in total. The first-order valence-corrected chi connectivity index (χ1v) is 4.61. The molecule has 0 spiro atoms. The summed E-state index contributed by atoms with van der Waals surface area (Å²) in [6, 6.07) is 5.85. The Morgan fingerprint density at radius 3 is 2.67 bits per heavy atom. The second-order valence-corrected chi connectivity index (χ2v) is 4.13. The van der Waals surface area contributed by atoms with Gasteiger partial charge < -0.3 is 5.11 Å². The van der Waals surface area contributed by atoms with Crippen LogP contribution < -0.4 is 0 Å². The van der Waals surface area contributed by atoms with Crippen LogP contribution in [0.5, 0.6) is 0 Å². The monoisotopic (exact) mass is 181 g/mol. The van der Waals surface area contributed by atoms with E-state index in [1.165, 1.54) is 11.3 Å². The molecule has 0 radical (unpaired) electrons. The molecule has 3 heteroatoms. The zero-order chi connectivity index (χ0) is 9.14. The van der Waals surface area contributed by atoms with Gasteiger partial charge in [0.2, 0.25) is 0 Å². The summed E-state index contributed by atoms with van der Waals surface area (Å²) < 4.78 is 0. The molecule has 2 unspecified atom stereocenters. The average Bonchev–Trinajstić information content (AvgIpc) is 2.49. The molecule has 0 saturated heterocycles. The molecule has 2 atom stereocenters. The van der Waals surface area contributed by atoms with Crippen LogP contribution in [0.2, 0.25) is 0 Å². The molecule has 0 saturated carbocycles. The Labute approximate surface area is 76.1 Å². The molecule has 0 fully saturated rings. The maximum Gasteiger partial charge on any atom is 0.104 e. The first-order valence-electron chi connectivity index (χ1n) is 3.79. The summed E-state index contributed by atoms with van der Waals surface area (Å²) in [4.78, 5) is 2.04. The fourth-order valence-electron chi connectivity index (χ4n) is 0.929. The van der Waals surface area contributed by atoms with Crippen LogP contribution in [0, 0.1) is 24.2 Å². The Bertz CT molecular complexity index is 300. The zero-order valence-electron chi connectivity index (χ0n) is 7.11. The molecule has 0 aliphatic heterocycles. The van der Waals surface area contributed by atoms with E-state index in [-0.39, 0.29) is 5.92 Å². The summed E-state index contributed by atoms with van der Waals surface area (Å²) in [6.07, 6.45) is -0.631. The summed E-state index contributed by atoms with van der Waals surface area (Å²) in [5.41, 5.74) is 0. The summed E-state index contributed by atoms with van der Waals surface area (Å²) >= 11 is 1.54. The number of nitriles is 1. The lowest BCUT2D eigenvalue weighted by Crippen LogP contribution is -2.04. The second-order valence-electron chi connectivity index (χ2n) is 2.81. The molecule has 64 valence electrons. The predicted molar refractivity (Wildman–Crippen MR) is 48.8 cm³/mol. The highest BCUT2D eigenvalue weighted by Gasteiger charge is 2.16. The summed E-state index contributed by atoms with van der Waals surface area (Å²) in [7, 11) is 0. The minimum absolute atomic E-state index is 0.331. The largest absolute Gasteiger partial charge is 0.386 e. The lowest BCUT2D eigenvalue weighted by molar-refractivity contribution is 0.146. The van der Waals surface area contributed by atoms with E-state index < -0.39 is 6.10 Å². The standard InChI is InChI=1S/C9H11NOS/c1-6(5-10)9(11)8-4-3-7(2)12-8/h3-4,6,9,11H,1-2H3. The third-order valence-electron chi connectivity index (χ3n) is 1.73. The molecule has 1 heterocycles. The number of hydrogen-bond acceptors (Lipinski definition) is 3. The van der Waals surface area contributed by atoms with Crippen molar-refractivity contribution in [2.75, 3.05) is 0 Å². The zero-order valence-corrected chi connectivity index (χ0v) is 7.93. The van der Waals surface area contributed by atoms with E-state index in [0.717, 1.165) is 9.75 Å². The molecular weight excluding hydrogens is 170 g/mol. The fourth-order valence-corrected chi connectivity index (χ4v) is 1.90. The topological polar surface area (TPSA) is 44.0 Å². The van der Waals surface area contributed by atoms with E-state index in [0.29, 0.717) is 0 Å². The van der Waals surface area contributed by atoms with Gasteiger partial charge in [-0.05, 0) is 26.0 Å². The van der Waals surface area contributed by atoms with Gasteiger partial charge in [0.25, 0.3) is 0 Å². The van der Waals surface area contributed by atoms with Crippen LogP contribution in [0.4, 0.5) is 0 Å². The third kappa shape index (κ3) is 1.84. The lowest BCUT2D eigenvalue weighted by Gasteiger charge is -2.08. The quantitative estimate of drug-likeness (QED) is 0.760. The van der Waals surface area contributed by atoms with Crippen LogP contribution >= 0.6 is 11.3 Å². The molecule has 1 aromatic heterocycles. The molecule has 1 rings (SSSR count). The Hall–Kier alpha value is -0.850. The Morgan fingerprint density at radius 1 is 1.58 bits per heavy atom. The minimum atomic E-state index is -0.631. The molecule has 0 aliphatic carbocycles. The van der Waals surface area contributed by atoms with E-state index in [1.807, 2.05) is 25.1 Å². The number of hydrogen-bond donors (Lipinski definition) is 1. The number of aliphatic hydroxyl groups is 1. The van der Waals surface area contributed by atoms with E-state index in [1.54, 1.807) is 6.92 Å². The molecule has 12 heavy (non-hydrogen) atoms. The van der Waals surface area contributed by atoms with E-state index in [9.17, 15) is 5.11 Å². The van der Waals surface area contributed by atoms with Crippen molar-refractivity contribution in [2.45, 2.75) is 20.0 Å². The number of rotatable bonds is 2. The molecule has 0 aliphatic rings. The fraction of sp³-hybridized carbons (Fsp3) is 0.444. The predicted octanol–water partition coefficient (Wildman–Crippen LogP) is 2.25.